The summed E-state index contributed by atoms with van der Waals surface area (Å²) in [7, 11) is -3.70. The number of primary sulfonamides is 1. The smallest absolute Gasteiger partial charge is 0.238 e. The van der Waals surface area contributed by atoms with E-state index < -0.39 is 10.0 Å². The number of hydrogen-bond acceptors (Lipinski definition) is 5. The molecule has 0 spiro atoms. The molecule has 3 N–H and O–H groups in total. The van der Waals surface area contributed by atoms with Crippen molar-refractivity contribution in [3.8, 4) is 0 Å². The Balaban J connectivity index is 1.74. The van der Waals surface area contributed by atoms with Gasteiger partial charge in [-0.25, -0.2) is 13.6 Å². The largest absolute Gasteiger partial charge is 0.467 e. The first kappa shape index (κ1) is 20.7. The molecule has 0 unspecified atom stereocenters. The van der Waals surface area contributed by atoms with E-state index in [0.717, 1.165) is 5.56 Å². The first-order chi connectivity index (χ1) is 12.8. The number of benzene rings is 1. The number of amides is 2. The number of hydrogen-bond donors (Lipinski definition) is 2. The highest BCUT2D eigenvalue weighted by molar-refractivity contribution is 7.89. The second-order valence-corrected chi connectivity index (χ2v) is 7.62. The molecule has 8 nitrogen and oxygen atoms in total. The third kappa shape index (κ3) is 6.87. The highest BCUT2D eigenvalue weighted by Gasteiger charge is 2.13. The molecule has 9 heteroatoms. The van der Waals surface area contributed by atoms with Crippen molar-refractivity contribution < 1.29 is 22.4 Å². The van der Waals surface area contributed by atoms with Crippen LogP contribution < -0.4 is 10.5 Å². The van der Waals surface area contributed by atoms with Crippen LogP contribution in [-0.2, 0) is 32.6 Å². The minimum absolute atomic E-state index is 0.0520. The summed E-state index contributed by atoms with van der Waals surface area (Å²) in [6.07, 6.45) is 2.28. The second kappa shape index (κ2) is 9.33. The van der Waals surface area contributed by atoms with Crippen molar-refractivity contribution in [1.82, 2.24) is 10.2 Å². The molecule has 2 amide bonds. The van der Waals surface area contributed by atoms with Gasteiger partial charge in [-0.3, -0.25) is 9.59 Å². The van der Waals surface area contributed by atoms with Crippen LogP contribution in [-0.4, -0.2) is 38.2 Å². The van der Waals surface area contributed by atoms with Crippen molar-refractivity contribution in [2.24, 2.45) is 5.14 Å². The fraction of sp³-hybridized carbons (Fsp3) is 0.333. The molecule has 2 aromatic rings. The van der Waals surface area contributed by atoms with Crippen LogP contribution in [0.2, 0.25) is 0 Å². The molecule has 0 fully saturated rings. The van der Waals surface area contributed by atoms with Crippen LogP contribution in [0.1, 0.15) is 24.7 Å². The molecular formula is C18H23N3O5S. The Kier molecular flexibility index (Phi) is 7.14. The van der Waals surface area contributed by atoms with Gasteiger partial charge in [-0.05, 0) is 36.2 Å². The minimum Gasteiger partial charge on any atom is -0.467 e. The summed E-state index contributed by atoms with van der Waals surface area (Å²) in [5, 5.41) is 7.84. The molecule has 2 rings (SSSR count). The van der Waals surface area contributed by atoms with Gasteiger partial charge in [0.1, 0.15) is 5.76 Å². The molecule has 0 bridgehead atoms. The lowest BCUT2D eigenvalue weighted by atomic mass is 10.1. The van der Waals surface area contributed by atoms with E-state index in [9.17, 15) is 18.0 Å². The number of carbonyl (C=O) groups is 2. The number of rotatable bonds is 9. The number of nitrogens with zero attached hydrogens (tertiary/aromatic N) is 1. The summed E-state index contributed by atoms with van der Waals surface area (Å²) in [6, 6.07) is 9.71. The molecule has 0 radical (unpaired) electrons. The topological polar surface area (TPSA) is 123 Å². The van der Waals surface area contributed by atoms with E-state index in [1.165, 1.54) is 25.3 Å². The first-order valence-electron chi connectivity index (χ1n) is 8.42. The molecule has 1 aromatic carbocycles. The Morgan fingerprint density at radius 1 is 1.19 bits per heavy atom. The summed E-state index contributed by atoms with van der Waals surface area (Å²) in [5.74, 6) is 0.365. The predicted octanol–water partition coefficient (Wildman–Crippen LogP) is 1.02. The monoisotopic (exact) mass is 393 g/mol. The van der Waals surface area contributed by atoms with E-state index >= 15 is 0 Å². The third-order valence-electron chi connectivity index (χ3n) is 3.97. The average Bonchev–Trinajstić information content (AvgIpc) is 3.11. The van der Waals surface area contributed by atoms with E-state index in [0.29, 0.717) is 31.8 Å². The Morgan fingerprint density at radius 3 is 2.44 bits per heavy atom. The predicted molar refractivity (Wildman–Crippen MR) is 98.9 cm³/mol. The number of furan rings is 1. The summed E-state index contributed by atoms with van der Waals surface area (Å²) in [5.41, 5.74) is 0.880. The summed E-state index contributed by atoms with van der Waals surface area (Å²) >= 11 is 0. The van der Waals surface area contributed by atoms with E-state index in [1.54, 1.807) is 29.2 Å². The summed E-state index contributed by atoms with van der Waals surface area (Å²) < 4.78 is 27.6. The molecule has 1 heterocycles. The highest BCUT2D eigenvalue weighted by Crippen LogP contribution is 2.09. The van der Waals surface area contributed by atoms with Crippen LogP contribution in [0.5, 0.6) is 0 Å². The van der Waals surface area contributed by atoms with Gasteiger partial charge in [0.05, 0.1) is 17.7 Å². The number of nitrogens with two attached hydrogens (primary N) is 1. The van der Waals surface area contributed by atoms with Crippen molar-refractivity contribution in [1.29, 1.82) is 0 Å². The molecule has 0 saturated heterocycles. The van der Waals surface area contributed by atoms with Crippen LogP contribution in [0.3, 0.4) is 0 Å². The first-order valence-corrected chi connectivity index (χ1v) is 9.96. The number of nitrogens with one attached hydrogen (secondary N) is 1. The van der Waals surface area contributed by atoms with Crippen LogP contribution in [0.15, 0.2) is 52.0 Å². The van der Waals surface area contributed by atoms with Crippen molar-refractivity contribution in [3.63, 3.8) is 0 Å². The maximum Gasteiger partial charge on any atom is 0.238 e. The Hall–Kier alpha value is -2.65. The van der Waals surface area contributed by atoms with Crippen LogP contribution in [0.25, 0.3) is 0 Å². The van der Waals surface area contributed by atoms with Gasteiger partial charge >= 0.3 is 0 Å². The van der Waals surface area contributed by atoms with Crippen LogP contribution in [0, 0.1) is 0 Å². The number of carbonyl (C=O) groups excluding carboxylic acids is 2. The van der Waals surface area contributed by atoms with Gasteiger partial charge in [-0.1, -0.05) is 12.1 Å². The maximum absolute atomic E-state index is 12.0. The Bertz CT molecular complexity index is 861. The normalized spacial score (nSPS) is 11.2. The number of sulfonamides is 1. The van der Waals surface area contributed by atoms with E-state index in [1.807, 2.05) is 0 Å². The van der Waals surface area contributed by atoms with Crippen molar-refractivity contribution in [3.05, 3.63) is 54.0 Å². The Labute approximate surface area is 158 Å². The molecule has 0 saturated carbocycles. The van der Waals surface area contributed by atoms with Gasteiger partial charge in [0.25, 0.3) is 0 Å². The van der Waals surface area contributed by atoms with Gasteiger partial charge in [0, 0.05) is 26.4 Å². The standard InChI is InChI=1S/C18H23N3O5S/c1-14(22)21(13-16-3-2-12-26-16)11-9-18(23)20-10-8-15-4-6-17(7-5-15)27(19,24)25/h2-7,12H,8-11,13H2,1H3,(H,20,23)(H2,19,24,25). The zero-order valence-electron chi connectivity index (χ0n) is 15.1. The second-order valence-electron chi connectivity index (χ2n) is 6.06. The molecule has 0 atom stereocenters. The summed E-state index contributed by atoms with van der Waals surface area (Å²) in [4.78, 5) is 25.3. The van der Waals surface area contributed by atoms with Crippen LogP contribution >= 0.6 is 0 Å². The average molecular weight is 393 g/mol. The third-order valence-corrected chi connectivity index (χ3v) is 4.90. The lowest BCUT2D eigenvalue weighted by molar-refractivity contribution is -0.130. The zero-order chi connectivity index (χ0) is 19.9. The Morgan fingerprint density at radius 2 is 1.89 bits per heavy atom. The molecule has 0 aliphatic carbocycles. The van der Waals surface area contributed by atoms with E-state index in [2.05, 4.69) is 5.32 Å². The molecular weight excluding hydrogens is 370 g/mol. The molecule has 146 valence electrons. The fourth-order valence-electron chi connectivity index (χ4n) is 2.46. The quantitative estimate of drug-likeness (QED) is 0.659. The van der Waals surface area contributed by atoms with Crippen molar-refractivity contribution in [2.75, 3.05) is 13.1 Å². The maximum atomic E-state index is 12.0. The highest BCUT2D eigenvalue weighted by atomic mass is 32.2. The minimum atomic E-state index is -3.70. The molecule has 1 aromatic heterocycles. The van der Waals surface area contributed by atoms with Crippen molar-refractivity contribution in [2.45, 2.75) is 31.2 Å². The van der Waals surface area contributed by atoms with Gasteiger partial charge in [0.15, 0.2) is 0 Å². The SMILES string of the molecule is CC(=O)N(CCC(=O)NCCc1ccc(S(N)(=O)=O)cc1)Cc1ccco1. The van der Waals surface area contributed by atoms with Crippen LogP contribution in [0.4, 0.5) is 0 Å². The lowest BCUT2D eigenvalue weighted by Crippen LogP contribution is -2.34. The van der Waals surface area contributed by atoms with Gasteiger partial charge < -0.3 is 14.6 Å². The lowest BCUT2D eigenvalue weighted by Gasteiger charge is -2.19. The molecule has 27 heavy (non-hydrogen) atoms. The van der Waals surface area contributed by atoms with E-state index in [4.69, 9.17) is 9.56 Å². The molecule has 0 aliphatic rings. The fourth-order valence-corrected chi connectivity index (χ4v) is 2.97. The zero-order valence-corrected chi connectivity index (χ0v) is 15.9. The van der Waals surface area contributed by atoms with Crippen molar-refractivity contribution >= 4 is 21.8 Å². The molecule has 0 aliphatic heterocycles. The van der Waals surface area contributed by atoms with Gasteiger partial charge in [-0.2, -0.15) is 0 Å². The van der Waals surface area contributed by atoms with Gasteiger partial charge in [0.2, 0.25) is 21.8 Å². The van der Waals surface area contributed by atoms with Gasteiger partial charge in [-0.15, -0.1) is 0 Å². The summed E-state index contributed by atoms with van der Waals surface area (Å²) in [6.45, 7) is 2.48. The van der Waals surface area contributed by atoms with E-state index in [-0.39, 0.29) is 23.1 Å².